The maximum Gasteiger partial charge on any atom is 0.321 e. The molecule has 0 bridgehead atoms. The first-order valence-corrected chi connectivity index (χ1v) is 6.28. The number of amides is 2. The van der Waals surface area contributed by atoms with Crippen molar-refractivity contribution in [3.05, 3.63) is 24.3 Å². The highest BCUT2D eigenvalue weighted by atomic mass is 16.5. The van der Waals surface area contributed by atoms with Gasteiger partial charge in [0, 0.05) is 31.4 Å². The number of nitrogens with one attached hydrogen (secondary N) is 1. The van der Waals surface area contributed by atoms with Gasteiger partial charge in [-0.1, -0.05) is 6.07 Å². The van der Waals surface area contributed by atoms with Gasteiger partial charge in [-0.25, -0.2) is 4.79 Å². The maximum atomic E-state index is 11.9. The van der Waals surface area contributed by atoms with E-state index in [-0.39, 0.29) is 6.03 Å². The molecule has 2 rings (SSSR count). The summed E-state index contributed by atoms with van der Waals surface area (Å²) in [6.45, 7) is 2.64. The van der Waals surface area contributed by atoms with E-state index in [2.05, 4.69) is 5.32 Å². The summed E-state index contributed by atoms with van der Waals surface area (Å²) >= 11 is 0. The quantitative estimate of drug-likeness (QED) is 0.852. The van der Waals surface area contributed by atoms with Crippen LogP contribution in [0.3, 0.4) is 0 Å². The Morgan fingerprint density at radius 1 is 1.39 bits per heavy atom. The second kappa shape index (κ2) is 6.26. The number of hydrogen-bond donors (Lipinski definition) is 2. The van der Waals surface area contributed by atoms with Crippen LogP contribution < -0.4 is 15.8 Å². The summed E-state index contributed by atoms with van der Waals surface area (Å²) in [5.41, 5.74) is 6.13. The van der Waals surface area contributed by atoms with Crippen LogP contribution in [-0.2, 0) is 0 Å². The third-order valence-electron chi connectivity index (χ3n) is 2.87. The number of anilines is 1. The Labute approximate surface area is 107 Å². The van der Waals surface area contributed by atoms with Crippen LogP contribution in [0.15, 0.2) is 24.3 Å². The molecule has 0 spiro atoms. The van der Waals surface area contributed by atoms with E-state index < -0.39 is 0 Å². The van der Waals surface area contributed by atoms with Gasteiger partial charge in [-0.2, -0.15) is 0 Å². The number of likely N-dealkylation sites (tertiary alicyclic amines) is 1. The van der Waals surface area contributed by atoms with Crippen molar-refractivity contribution in [3.63, 3.8) is 0 Å². The molecule has 3 N–H and O–H groups in total. The van der Waals surface area contributed by atoms with E-state index in [0.29, 0.717) is 13.2 Å². The summed E-state index contributed by atoms with van der Waals surface area (Å²) < 4.78 is 5.41. The van der Waals surface area contributed by atoms with Crippen LogP contribution in [-0.4, -0.2) is 37.2 Å². The van der Waals surface area contributed by atoms with Crippen molar-refractivity contribution in [1.29, 1.82) is 0 Å². The Morgan fingerprint density at radius 3 is 2.89 bits per heavy atom. The third-order valence-corrected chi connectivity index (χ3v) is 2.87. The van der Waals surface area contributed by atoms with Gasteiger partial charge < -0.3 is 20.7 Å². The smallest absolute Gasteiger partial charge is 0.321 e. The van der Waals surface area contributed by atoms with Gasteiger partial charge in [0.15, 0.2) is 0 Å². The fourth-order valence-corrected chi connectivity index (χ4v) is 1.96. The van der Waals surface area contributed by atoms with E-state index in [1.54, 1.807) is 0 Å². The minimum absolute atomic E-state index is 0.0384. The van der Waals surface area contributed by atoms with Crippen LogP contribution in [0.5, 0.6) is 5.75 Å². The Hall–Kier alpha value is -1.75. The van der Waals surface area contributed by atoms with Crippen LogP contribution in [0.1, 0.15) is 12.8 Å². The predicted molar refractivity (Wildman–Crippen MR) is 70.8 cm³/mol. The molecule has 1 aliphatic heterocycles. The van der Waals surface area contributed by atoms with Crippen molar-refractivity contribution in [2.45, 2.75) is 12.8 Å². The van der Waals surface area contributed by atoms with E-state index >= 15 is 0 Å². The second-order valence-electron chi connectivity index (χ2n) is 4.29. The molecule has 0 aromatic heterocycles. The topological polar surface area (TPSA) is 67.6 Å². The fourth-order valence-electron chi connectivity index (χ4n) is 1.96. The number of benzene rings is 1. The SMILES string of the molecule is NCCOc1cccc(NC(=O)N2CCCC2)c1. The zero-order valence-electron chi connectivity index (χ0n) is 10.4. The fraction of sp³-hybridized carbons (Fsp3) is 0.462. The van der Waals surface area contributed by atoms with Gasteiger partial charge in [-0.15, -0.1) is 0 Å². The zero-order chi connectivity index (χ0) is 12.8. The van der Waals surface area contributed by atoms with Crippen molar-refractivity contribution >= 4 is 11.7 Å². The summed E-state index contributed by atoms with van der Waals surface area (Å²) in [4.78, 5) is 13.7. The first kappa shape index (κ1) is 12.7. The summed E-state index contributed by atoms with van der Waals surface area (Å²) in [7, 11) is 0. The van der Waals surface area contributed by atoms with Gasteiger partial charge in [-0.05, 0) is 25.0 Å². The Kier molecular flexibility index (Phi) is 4.41. The van der Waals surface area contributed by atoms with Gasteiger partial charge >= 0.3 is 6.03 Å². The predicted octanol–water partition coefficient (Wildman–Crippen LogP) is 1.65. The number of nitrogens with zero attached hydrogens (tertiary/aromatic N) is 1. The van der Waals surface area contributed by atoms with Gasteiger partial charge in [0.1, 0.15) is 12.4 Å². The van der Waals surface area contributed by atoms with Crippen molar-refractivity contribution in [1.82, 2.24) is 4.90 Å². The number of carbonyl (C=O) groups excluding carboxylic acids is 1. The van der Waals surface area contributed by atoms with Gasteiger partial charge in [0.25, 0.3) is 0 Å². The number of hydrogen-bond acceptors (Lipinski definition) is 3. The molecular formula is C13H19N3O2. The van der Waals surface area contributed by atoms with Crippen LogP contribution in [0.25, 0.3) is 0 Å². The molecule has 1 aromatic rings. The molecule has 0 radical (unpaired) electrons. The molecule has 98 valence electrons. The average Bonchev–Trinajstić information content (AvgIpc) is 2.91. The Bertz CT molecular complexity index is 403. The molecular weight excluding hydrogens is 230 g/mol. The van der Waals surface area contributed by atoms with Crippen LogP contribution >= 0.6 is 0 Å². The minimum Gasteiger partial charge on any atom is -0.492 e. The molecule has 18 heavy (non-hydrogen) atoms. The number of ether oxygens (including phenoxy) is 1. The molecule has 0 aliphatic carbocycles. The lowest BCUT2D eigenvalue weighted by molar-refractivity contribution is 0.222. The lowest BCUT2D eigenvalue weighted by Gasteiger charge is -2.16. The number of rotatable bonds is 4. The first-order chi connectivity index (χ1) is 8.79. The zero-order valence-corrected chi connectivity index (χ0v) is 10.4. The van der Waals surface area contributed by atoms with E-state index in [4.69, 9.17) is 10.5 Å². The summed E-state index contributed by atoms with van der Waals surface area (Å²) in [5.74, 6) is 0.722. The van der Waals surface area contributed by atoms with Crippen LogP contribution in [0.4, 0.5) is 10.5 Å². The summed E-state index contributed by atoms with van der Waals surface area (Å²) in [5, 5.41) is 2.88. The second-order valence-corrected chi connectivity index (χ2v) is 4.29. The van der Waals surface area contributed by atoms with Crippen molar-refractivity contribution in [2.75, 3.05) is 31.6 Å². The molecule has 0 saturated carbocycles. The van der Waals surface area contributed by atoms with E-state index in [1.165, 1.54) is 0 Å². The van der Waals surface area contributed by atoms with Crippen molar-refractivity contribution < 1.29 is 9.53 Å². The maximum absolute atomic E-state index is 11.9. The van der Waals surface area contributed by atoms with Crippen LogP contribution in [0.2, 0.25) is 0 Å². The Balaban J connectivity index is 1.93. The lowest BCUT2D eigenvalue weighted by Crippen LogP contribution is -2.32. The number of nitrogens with two attached hydrogens (primary N) is 1. The average molecular weight is 249 g/mol. The largest absolute Gasteiger partial charge is 0.492 e. The van der Waals surface area contributed by atoms with E-state index in [9.17, 15) is 4.79 Å². The molecule has 1 aromatic carbocycles. The highest BCUT2D eigenvalue weighted by Gasteiger charge is 2.17. The summed E-state index contributed by atoms with van der Waals surface area (Å²) in [6.07, 6.45) is 2.18. The molecule has 1 aliphatic rings. The molecule has 1 saturated heterocycles. The highest BCUT2D eigenvalue weighted by Crippen LogP contribution is 2.18. The molecule has 5 nitrogen and oxygen atoms in total. The molecule has 1 heterocycles. The summed E-state index contributed by atoms with van der Waals surface area (Å²) in [6, 6.07) is 7.32. The molecule has 5 heteroatoms. The molecule has 1 fully saturated rings. The lowest BCUT2D eigenvalue weighted by atomic mass is 10.3. The monoisotopic (exact) mass is 249 g/mol. The van der Waals surface area contributed by atoms with Gasteiger partial charge in [0.2, 0.25) is 0 Å². The van der Waals surface area contributed by atoms with Crippen LogP contribution in [0, 0.1) is 0 Å². The minimum atomic E-state index is -0.0384. The molecule has 0 unspecified atom stereocenters. The molecule has 2 amide bonds. The van der Waals surface area contributed by atoms with E-state index in [1.807, 2.05) is 29.2 Å². The van der Waals surface area contributed by atoms with Crippen molar-refractivity contribution in [3.8, 4) is 5.75 Å². The standard InChI is InChI=1S/C13H19N3O2/c14-6-9-18-12-5-3-4-11(10-12)15-13(17)16-7-1-2-8-16/h3-5,10H,1-2,6-9,14H2,(H,15,17). The normalized spacial score (nSPS) is 14.6. The molecule has 0 atom stereocenters. The first-order valence-electron chi connectivity index (χ1n) is 6.28. The number of carbonyl (C=O) groups is 1. The van der Waals surface area contributed by atoms with Crippen molar-refractivity contribution in [2.24, 2.45) is 5.73 Å². The number of urea groups is 1. The van der Waals surface area contributed by atoms with E-state index in [0.717, 1.165) is 37.4 Å². The van der Waals surface area contributed by atoms with Gasteiger partial charge in [0.05, 0.1) is 0 Å². The third kappa shape index (κ3) is 3.37. The highest BCUT2D eigenvalue weighted by molar-refractivity contribution is 5.89. The van der Waals surface area contributed by atoms with Gasteiger partial charge in [-0.3, -0.25) is 0 Å². The Morgan fingerprint density at radius 2 is 2.17 bits per heavy atom.